The van der Waals surface area contributed by atoms with Crippen LogP contribution in [0.3, 0.4) is 0 Å². The molecule has 4 N–H and O–H groups in total. The molecule has 1 aromatic rings. The first-order valence-corrected chi connectivity index (χ1v) is 7.56. The van der Waals surface area contributed by atoms with E-state index < -0.39 is 22.0 Å². The lowest BCUT2D eigenvalue weighted by Gasteiger charge is -2.22. The second kappa shape index (κ2) is 5.29. The molecule has 0 aromatic heterocycles. The molecular formula is C12H17N3O4S. The van der Waals surface area contributed by atoms with Crippen LogP contribution in [0.1, 0.15) is 12.8 Å². The molecule has 1 aliphatic rings. The van der Waals surface area contributed by atoms with Crippen LogP contribution in [-0.2, 0) is 14.8 Å². The standard InChI is InChI=1S/C12H17N3O4S/c1-19-10-5-4-8(13)7-11(10)20(17,18)15-6-2-3-9(15)12(14)16/h4-5,7,9H,2-3,6,13H2,1H3,(H2,14,16). The number of nitrogens with two attached hydrogens (primary N) is 2. The van der Waals surface area contributed by atoms with Gasteiger partial charge in [-0.15, -0.1) is 0 Å². The Morgan fingerprint density at radius 2 is 2.15 bits per heavy atom. The van der Waals surface area contributed by atoms with E-state index in [0.717, 1.165) is 4.31 Å². The summed E-state index contributed by atoms with van der Waals surface area (Å²) < 4.78 is 31.5. The maximum absolute atomic E-state index is 12.7. The number of carbonyl (C=O) groups excluding carboxylic acids is 1. The number of primary amides is 1. The van der Waals surface area contributed by atoms with Crippen LogP contribution in [0.4, 0.5) is 5.69 Å². The van der Waals surface area contributed by atoms with E-state index >= 15 is 0 Å². The lowest BCUT2D eigenvalue weighted by Crippen LogP contribution is -2.43. The van der Waals surface area contributed by atoms with E-state index in [9.17, 15) is 13.2 Å². The molecule has 8 heteroatoms. The highest BCUT2D eigenvalue weighted by atomic mass is 32.2. The fourth-order valence-electron chi connectivity index (χ4n) is 2.33. The normalized spacial score (nSPS) is 19.9. The Hall–Kier alpha value is -1.80. The first-order chi connectivity index (χ1) is 9.37. The number of anilines is 1. The summed E-state index contributed by atoms with van der Waals surface area (Å²) in [5.41, 5.74) is 11.2. The first kappa shape index (κ1) is 14.6. The summed E-state index contributed by atoms with van der Waals surface area (Å²) in [6.45, 7) is 0.258. The average molecular weight is 299 g/mol. The van der Waals surface area contributed by atoms with Crippen LogP contribution in [-0.4, -0.2) is 38.3 Å². The van der Waals surface area contributed by atoms with Gasteiger partial charge in [-0.3, -0.25) is 4.79 Å². The van der Waals surface area contributed by atoms with Crippen molar-refractivity contribution in [3.05, 3.63) is 18.2 Å². The van der Waals surface area contributed by atoms with Crippen molar-refractivity contribution in [2.75, 3.05) is 19.4 Å². The van der Waals surface area contributed by atoms with Crippen molar-refractivity contribution in [3.63, 3.8) is 0 Å². The predicted octanol–water partition coefficient (Wildman–Crippen LogP) is -0.0842. The van der Waals surface area contributed by atoms with Crippen molar-refractivity contribution < 1.29 is 17.9 Å². The first-order valence-electron chi connectivity index (χ1n) is 6.12. The number of hydrogen-bond acceptors (Lipinski definition) is 5. The monoisotopic (exact) mass is 299 g/mol. The maximum Gasteiger partial charge on any atom is 0.247 e. The minimum absolute atomic E-state index is 0.0480. The lowest BCUT2D eigenvalue weighted by molar-refractivity contribution is -0.121. The highest BCUT2D eigenvalue weighted by Crippen LogP contribution is 2.32. The van der Waals surface area contributed by atoms with Gasteiger partial charge in [0, 0.05) is 12.2 Å². The zero-order valence-corrected chi connectivity index (χ0v) is 11.9. The second-order valence-corrected chi connectivity index (χ2v) is 6.45. The van der Waals surface area contributed by atoms with Crippen LogP contribution >= 0.6 is 0 Å². The third-order valence-corrected chi connectivity index (χ3v) is 5.24. The molecule has 1 unspecified atom stereocenters. The molecule has 0 radical (unpaired) electrons. The van der Waals surface area contributed by atoms with Crippen LogP contribution in [0.5, 0.6) is 5.75 Å². The number of methoxy groups -OCH3 is 1. The van der Waals surface area contributed by atoms with Crippen molar-refractivity contribution in [1.82, 2.24) is 4.31 Å². The molecule has 1 aliphatic heterocycles. The van der Waals surface area contributed by atoms with Crippen LogP contribution < -0.4 is 16.2 Å². The molecule has 1 heterocycles. The average Bonchev–Trinajstić information content (AvgIpc) is 2.88. The molecule has 0 aliphatic carbocycles. The third kappa shape index (κ3) is 2.44. The Morgan fingerprint density at radius 1 is 1.45 bits per heavy atom. The van der Waals surface area contributed by atoms with E-state index in [2.05, 4.69) is 0 Å². The third-order valence-electron chi connectivity index (χ3n) is 3.31. The Morgan fingerprint density at radius 3 is 2.75 bits per heavy atom. The number of rotatable bonds is 4. The minimum atomic E-state index is -3.87. The Labute approximate surface area is 117 Å². The summed E-state index contributed by atoms with van der Waals surface area (Å²) in [6.07, 6.45) is 1.02. The summed E-state index contributed by atoms with van der Waals surface area (Å²) in [6, 6.07) is 3.54. The van der Waals surface area contributed by atoms with E-state index in [0.29, 0.717) is 18.5 Å². The SMILES string of the molecule is COc1ccc(N)cc1S(=O)(=O)N1CCCC1C(N)=O. The quantitative estimate of drug-likeness (QED) is 0.754. The second-order valence-electron chi connectivity index (χ2n) is 4.59. The Balaban J connectivity index is 2.50. The number of benzene rings is 1. The van der Waals surface area contributed by atoms with E-state index in [1.807, 2.05) is 0 Å². The molecule has 20 heavy (non-hydrogen) atoms. The summed E-state index contributed by atoms with van der Waals surface area (Å²) in [5.74, 6) is -0.455. The molecule has 7 nitrogen and oxygen atoms in total. The number of sulfonamides is 1. The van der Waals surface area contributed by atoms with Gasteiger partial charge in [0.15, 0.2) is 0 Å². The minimum Gasteiger partial charge on any atom is -0.495 e. The van der Waals surface area contributed by atoms with Crippen LogP contribution in [0.25, 0.3) is 0 Å². The molecule has 1 fully saturated rings. The highest BCUT2D eigenvalue weighted by Gasteiger charge is 2.39. The van der Waals surface area contributed by atoms with Gasteiger partial charge >= 0.3 is 0 Å². The molecule has 0 saturated carbocycles. The number of amides is 1. The van der Waals surface area contributed by atoms with Gasteiger partial charge < -0.3 is 16.2 Å². The Bertz CT molecular complexity index is 630. The molecule has 0 spiro atoms. The van der Waals surface area contributed by atoms with Crippen molar-refractivity contribution in [1.29, 1.82) is 0 Å². The fraction of sp³-hybridized carbons (Fsp3) is 0.417. The molecule has 1 amide bonds. The van der Waals surface area contributed by atoms with Gasteiger partial charge in [-0.2, -0.15) is 4.31 Å². The van der Waals surface area contributed by atoms with Gasteiger partial charge in [-0.1, -0.05) is 0 Å². The van der Waals surface area contributed by atoms with E-state index in [1.54, 1.807) is 6.07 Å². The van der Waals surface area contributed by atoms with Crippen molar-refractivity contribution in [2.24, 2.45) is 5.73 Å². The molecule has 110 valence electrons. The number of hydrogen-bond donors (Lipinski definition) is 2. The van der Waals surface area contributed by atoms with E-state index in [1.165, 1.54) is 19.2 Å². The zero-order chi connectivity index (χ0) is 14.9. The summed E-state index contributed by atoms with van der Waals surface area (Å²) in [4.78, 5) is 11.3. The van der Waals surface area contributed by atoms with Gasteiger partial charge in [0.25, 0.3) is 0 Å². The maximum atomic E-state index is 12.7. The topological polar surface area (TPSA) is 116 Å². The Kier molecular flexibility index (Phi) is 3.87. The molecule has 0 bridgehead atoms. The van der Waals surface area contributed by atoms with Crippen molar-refractivity contribution in [3.8, 4) is 5.75 Å². The summed E-state index contributed by atoms with van der Waals surface area (Å²) in [5, 5.41) is 0. The zero-order valence-electron chi connectivity index (χ0n) is 11.1. The largest absolute Gasteiger partial charge is 0.495 e. The predicted molar refractivity (Wildman–Crippen MR) is 73.5 cm³/mol. The van der Waals surface area contributed by atoms with Crippen LogP contribution in [0.15, 0.2) is 23.1 Å². The van der Waals surface area contributed by atoms with E-state index in [4.69, 9.17) is 16.2 Å². The molecular weight excluding hydrogens is 282 g/mol. The molecule has 1 aromatic carbocycles. The van der Waals surface area contributed by atoms with Gasteiger partial charge in [-0.25, -0.2) is 8.42 Å². The number of nitrogens with zero attached hydrogens (tertiary/aromatic N) is 1. The van der Waals surface area contributed by atoms with Gasteiger partial charge in [0.05, 0.1) is 7.11 Å². The molecule has 2 rings (SSSR count). The van der Waals surface area contributed by atoms with Crippen molar-refractivity contribution >= 4 is 21.6 Å². The van der Waals surface area contributed by atoms with Crippen molar-refractivity contribution in [2.45, 2.75) is 23.8 Å². The van der Waals surface area contributed by atoms with Crippen LogP contribution in [0, 0.1) is 0 Å². The number of carbonyl (C=O) groups is 1. The van der Waals surface area contributed by atoms with Gasteiger partial charge in [-0.05, 0) is 31.0 Å². The number of ether oxygens (including phenoxy) is 1. The summed E-state index contributed by atoms with van der Waals surface area (Å²) >= 11 is 0. The van der Waals surface area contributed by atoms with Gasteiger partial charge in [0.2, 0.25) is 15.9 Å². The lowest BCUT2D eigenvalue weighted by atomic mass is 10.2. The smallest absolute Gasteiger partial charge is 0.247 e. The number of nitrogen functional groups attached to an aromatic ring is 1. The van der Waals surface area contributed by atoms with E-state index in [-0.39, 0.29) is 17.2 Å². The fourth-order valence-corrected chi connectivity index (χ4v) is 4.19. The highest BCUT2D eigenvalue weighted by molar-refractivity contribution is 7.89. The van der Waals surface area contributed by atoms with Crippen LogP contribution in [0.2, 0.25) is 0 Å². The molecule has 1 atom stereocenters. The summed E-state index contributed by atoms with van der Waals surface area (Å²) in [7, 11) is -2.50. The molecule has 1 saturated heterocycles. The van der Waals surface area contributed by atoms with Gasteiger partial charge in [0.1, 0.15) is 16.7 Å².